The zero-order valence-electron chi connectivity index (χ0n) is 9.00. The van der Waals surface area contributed by atoms with E-state index in [1.54, 1.807) is 6.08 Å². The Bertz CT molecular complexity index is 397. The van der Waals surface area contributed by atoms with Crippen LogP contribution in [0.2, 0.25) is 0 Å². The van der Waals surface area contributed by atoms with Crippen LogP contribution in [0.4, 0.5) is 0 Å². The van der Waals surface area contributed by atoms with Crippen LogP contribution in [0.15, 0.2) is 11.8 Å². The van der Waals surface area contributed by atoms with Gasteiger partial charge in [0.1, 0.15) is 18.5 Å². The number of ether oxygens (including phenoxy) is 3. The molecule has 6 heteroatoms. The highest BCUT2D eigenvalue weighted by molar-refractivity contribution is 5.83. The maximum atomic E-state index is 11.8. The molecule has 0 aromatic heterocycles. The van der Waals surface area contributed by atoms with Crippen LogP contribution < -0.4 is 0 Å². The summed E-state index contributed by atoms with van der Waals surface area (Å²) in [6.07, 6.45) is 1.81. The molecular formula is C11H12O6. The van der Waals surface area contributed by atoms with Crippen molar-refractivity contribution in [3.63, 3.8) is 0 Å². The fourth-order valence-electron chi connectivity index (χ4n) is 2.03. The first-order valence-electron chi connectivity index (χ1n) is 5.54. The molecule has 0 bridgehead atoms. The number of carbonyl (C=O) groups excluding carboxylic acids is 1. The van der Waals surface area contributed by atoms with Crippen LogP contribution in [-0.4, -0.2) is 42.5 Å². The van der Waals surface area contributed by atoms with Gasteiger partial charge in [-0.2, -0.15) is 0 Å². The SMILES string of the molecule is O=C(OCC1CO1)C1C=C2OC2CC1C(=O)O. The van der Waals surface area contributed by atoms with Gasteiger partial charge in [0.25, 0.3) is 0 Å². The van der Waals surface area contributed by atoms with Gasteiger partial charge >= 0.3 is 11.9 Å². The number of carboxylic acid groups (broad SMARTS) is 1. The molecule has 0 aromatic carbocycles. The van der Waals surface area contributed by atoms with Crippen molar-refractivity contribution in [1.82, 2.24) is 0 Å². The maximum Gasteiger partial charge on any atom is 0.313 e. The topological polar surface area (TPSA) is 88.7 Å². The smallest absolute Gasteiger partial charge is 0.313 e. The number of carbonyl (C=O) groups is 2. The number of hydrogen-bond donors (Lipinski definition) is 1. The molecule has 6 nitrogen and oxygen atoms in total. The second kappa shape index (κ2) is 3.73. The fraction of sp³-hybridized carbons (Fsp3) is 0.636. The quantitative estimate of drug-likeness (QED) is 0.546. The van der Waals surface area contributed by atoms with Crippen LogP contribution in [0.5, 0.6) is 0 Å². The number of aliphatic carboxylic acids is 1. The second-order valence-electron chi connectivity index (χ2n) is 4.47. The van der Waals surface area contributed by atoms with E-state index in [2.05, 4.69) is 0 Å². The van der Waals surface area contributed by atoms with Gasteiger partial charge in [0.2, 0.25) is 0 Å². The van der Waals surface area contributed by atoms with Crippen LogP contribution in [-0.2, 0) is 23.8 Å². The lowest BCUT2D eigenvalue weighted by atomic mass is 9.84. The molecule has 92 valence electrons. The summed E-state index contributed by atoms with van der Waals surface area (Å²) in [5, 5.41) is 9.07. The minimum absolute atomic E-state index is 0.0107. The Hall–Kier alpha value is -1.56. The van der Waals surface area contributed by atoms with E-state index in [1.165, 1.54) is 0 Å². The van der Waals surface area contributed by atoms with E-state index in [0.29, 0.717) is 18.8 Å². The van der Waals surface area contributed by atoms with Crippen molar-refractivity contribution >= 4 is 11.9 Å². The summed E-state index contributed by atoms with van der Waals surface area (Å²) in [7, 11) is 0. The van der Waals surface area contributed by atoms with Crippen molar-refractivity contribution in [2.75, 3.05) is 13.2 Å². The van der Waals surface area contributed by atoms with E-state index in [9.17, 15) is 9.59 Å². The van der Waals surface area contributed by atoms with Gasteiger partial charge in [-0.1, -0.05) is 0 Å². The molecule has 0 saturated carbocycles. The summed E-state index contributed by atoms with van der Waals surface area (Å²) in [4.78, 5) is 22.8. The highest BCUT2D eigenvalue weighted by Gasteiger charge is 2.48. The monoisotopic (exact) mass is 240 g/mol. The number of fused-ring (bicyclic) bond motifs is 1. The normalized spacial score (nSPS) is 37.3. The molecule has 2 saturated heterocycles. The third-order valence-corrected chi connectivity index (χ3v) is 3.19. The highest BCUT2D eigenvalue weighted by Crippen LogP contribution is 2.42. The first-order chi connectivity index (χ1) is 8.15. The lowest BCUT2D eigenvalue weighted by molar-refractivity contribution is -0.156. The lowest BCUT2D eigenvalue weighted by Crippen LogP contribution is -2.33. The molecule has 0 amide bonds. The molecule has 2 fully saturated rings. The summed E-state index contributed by atoms with van der Waals surface area (Å²) in [5.41, 5.74) is 0. The predicted molar refractivity (Wildman–Crippen MR) is 52.9 cm³/mol. The third-order valence-electron chi connectivity index (χ3n) is 3.19. The number of rotatable bonds is 4. The van der Waals surface area contributed by atoms with Gasteiger partial charge in [-0.25, -0.2) is 0 Å². The van der Waals surface area contributed by atoms with Crippen molar-refractivity contribution in [2.45, 2.75) is 18.6 Å². The predicted octanol–water partition coefficient (Wildman–Crippen LogP) is -0.0682. The Morgan fingerprint density at radius 3 is 2.94 bits per heavy atom. The summed E-state index contributed by atoms with van der Waals surface area (Å²) >= 11 is 0. The molecule has 4 unspecified atom stereocenters. The van der Waals surface area contributed by atoms with Crippen LogP contribution in [0.3, 0.4) is 0 Å². The van der Waals surface area contributed by atoms with Crippen LogP contribution in [0, 0.1) is 11.8 Å². The standard InChI is InChI=1S/C11H12O6/c12-10(13)6-1-8-9(17-8)2-7(6)11(14)16-4-5-3-15-5/h2,5-8H,1,3-4H2,(H,12,13). The average molecular weight is 240 g/mol. The first-order valence-corrected chi connectivity index (χ1v) is 5.54. The zero-order valence-corrected chi connectivity index (χ0v) is 9.00. The maximum absolute atomic E-state index is 11.8. The molecule has 0 aromatic rings. The van der Waals surface area contributed by atoms with Crippen molar-refractivity contribution in [3.05, 3.63) is 11.8 Å². The van der Waals surface area contributed by atoms with Gasteiger partial charge in [-0.15, -0.1) is 0 Å². The second-order valence-corrected chi connectivity index (χ2v) is 4.47. The highest BCUT2D eigenvalue weighted by atomic mass is 16.6. The van der Waals surface area contributed by atoms with E-state index in [-0.39, 0.29) is 18.8 Å². The van der Waals surface area contributed by atoms with Gasteiger partial charge in [0.15, 0.2) is 6.10 Å². The van der Waals surface area contributed by atoms with Gasteiger partial charge in [-0.3, -0.25) is 9.59 Å². The van der Waals surface area contributed by atoms with Crippen molar-refractivity contribution in [2.24, 2.45) is 11.8 Å². The summed E-state index contributed by atoms with van der Waals surface area (Å²) in [6, 6.07) is 0. The van der Waals surface area contributed by atoms with Crippen molar-refractivity contribution in [1.29, 1.82) is 0 Å². The number of carboxylic acids is 1. The molecule has 17 heavy (non-hydrogen) atoms. The van der Waals surface area contributed by atoms with Gasteiger partial charge in [0.05, 0.1) is 18.4 Å². The van der Waals surface area contributed by atoms with E-state index in [1.807, 2.05) is 0 Å². The fourth-order valence-corrected chi connectivity index (χ4v) is 2.03. The summed E-state index contributed by atoms with van der Waals surface area (Å²) in [6.45, 7) is 0.807. The minimum atomic E-state index is -0.986. The van der Waals surface area contributed by atoms with Crippen molar-refractivity contribution in [3.8, 4) is 0 Å². The Morgan fingerprint density at radius 1 is 1.53 bits per heavy atom. The average Bonchev–Trinajstić information content (AvgIpc) is 3.17. The van der Waals surface area contributed by atoms with E-state index < -0.39 is 23.8 Å². The van der Waals surface area contributed by atoms with Crippen LogP contribution in [0.1, 0.15) is 6.42 Å². The summed E-state index contributed by atoms with van der Waals surface area (Å²) < 4.78 is 15.1. The molecule has 1 aliphatic carbocycles. The van der Waals surface area contributed by atoms with E-state index in [4.69, 9.17) is 19.3 Å². The lowest BCUT2D eigenvalue weighted by Gasteiger charge is -2.19. The molecular weight excluding hydrogens is 228 g/mol. The Morgan fingerprint density at radius 2 is 2.29 bits per heavy atom. The number of esters is 1. The molecule has 2 heterocycles. The molecule has 0 spiro atoms. The Kier molecular flexibility index (Phi) is 2.32. The van der Waals surface area contributed by atoms with Crippen molar-refractivity contribution < 1.29 is 28.9 Å². The molecule has 4 atom stereocenters. The molecule has 3 aliphatic rings. The summed E-state index contributed by atoms with van der Waals surface area (Å²) in [5.74, 6) is -2.26. The first kappa shape index (κ1) is 10.6. The number of epoxide rings is 2. The largest absolute Gasteiger partial charge is 0.483 e. The van der Waals surface area contributed by atoms with Gasteiger partial charge in [0, 0.05) is 6.42 Å². The van der Waals surface area contributed by atoms with E-state index in [0.717, 1.165) is 0 Å². The van der Waals surface area contributed by atoms with Gasteiger partial charge < -0.3 is 19.3 Å². The molecule has 2 aliphatic heterocycles. The minimum Gasteiger partial charge on any atom is -0.483 e. The van der Waals surface area contributed by atoms with Crippen LogP contribution >= 0.6 is 0 Å². The molecule has 0 radical (unpaired) electrons. The third kappa shape index (κ3) is 2.12. The Labute approximate surface area is 97.1 Å². The molecule has 3 rings (SSSR count). The van der Waals surface area contributed by atoms with Crippen LogP contribution in [0.25, 0.3) is 0 Å². The van der Waals surface area contributed by atoms with Gasteiger partial charge in [-0.05, 0) is 6.08 Å². The molecule has 1 N–H and O–H groups in total. The zero-order chi connectivity index (χ0) is 12.0. The van der Waals surface area contributed by atoms with E-state index >= 15 is 0 Å². The number of hydrogen-bond acceptors (Lipinski definition) is 5. The Balaban J connectivity index is 1.66.